The maximum Gasteiger partial charge on any atom is 0.240 e. The number of benzene rings is 1. The lowest BCUT2D eigenvalue weighted by molar-refractivity contribution is 0.122. The van der Waals surface area contributed by atoms with Gasteiger partial charge in [0.25, 0.3) is 0 Å². The van der Waals surface area contributed by atoms with Gasteiger partial charge in [0, 0.05) is 38.3 Å². The van der Waals surface area contributed by atoms with Crippen LogP contribution in [0.3, 0.4) is 0 Å². The number of nitrogens with zero attached hydrogens (tertiary/aromatic N) is 3. The third kappa shape index (κ3) is 5.31. The summed E-state index contributed by atoms with van der Waals surface area (Å²) in [5.74, 6) is -0.607. The zero-order valence-corrected chi connectivity index (χ0v) is 15.2. The van der Waals surface area contributed by atoms with Crippen molar-refractivity contribution < 1.29 is 21.9 Å². The van der Waals surface area contributed by atoms with Gasteiger partial charge in [-0.1, -0.05) is 0 Å². The summed E-state index contributed by atoms with van der Waals surface area (Å²) in [5.41, 5.74) is 0. The molecule has 1 fully saturated rings. The van der Waals surface area contributed by atoms with Gasteiger partial charge in [-0.05, 0) is 12.1 Å². The highest BCUT2D eigenvalue weighted by Gasteiger charge is 2.16. The van der Waals surface area contributed by atoms with Gasteiger partial charge in [0.2, 0.25) is 10.0 Å². The predicted octanol–water partition coefficient (Wildman–Crippen LogP) is 0.982. The van der Waals surface area contributed by atoms with Crippen molar-refractivity contribution in [2.75, 3.05) is 49.6 Å². The first kappa shape index (κ1) is 19.4. The molecule has 0 radical (unpaired) electrons. The number of hydrogen-bond donors (Lipinski definition) is 2. The molecule has 0 atom stereocenters. The Balaban J connectivity index is 1.54. The molecule has 0 saturated carbocycles. The van der Waals surface area contributed by atoms with E-state index in [1.165, 1.54) is 6.33 Å². The summed E-state index contributed by atoms with van der Waals surface area (Å²) in [6.07, 6.45) is 1.42. The van der Waals surface area contributed by atoms with Crippen LogP contribution in [-0.4, -0.2) is 57.8 Å². The molecule has 146 valence electrons. The van der Waals surface area contributed by atoms with E-state index in [0.29, 0.717) is 25.1 Å². The van der Waals surface area contributed by atoms with Crippen molar-refractivity contribution in [3.63, 3.8) is 0 Å². The second-order valence-electron chi connectivity index (χ2n) is 5.79. The van der Waals surface area contributed by atoms with E-state index in [-0.39, 0.29) is 13.1 Å². The molecule has 0 spiro atoms. The highest BCUT2D eigenvalue weighted by molar-refractivity contribution is 7.89. The molecule has 27 heavy (non-hydrogen) atoms. The Kier molecular flexibility index (Phi) is 6.14. The number of aromatic nitrogens is 2. The largest absolute Gasteiger partial charge is 0.378 e. The molecule has 8 nitrogen and oxygen atoms in total. The molecule has 1 aromatic carbocycles. The lowest BCUT2D eigenvalue weighted by Crippen LogP contribution is -2.36. The predicted molar refractivity (Wildman–Crippen MR) is 95.1 cm³/mol. The molecule has 0 bridgehead atoms. The second kappa shape index (κ2) is 8.55. The highest BCUT2D eigenvalue weighted by atomic mass is 32.2. The van der Waals surface area contributed by atoms with Crippen LogP contribution in [0.15, 0.2) is 35.5 Å². The van der Waals surface area contributed by atoms with Gasteiger partial charge in [-0.3, -0.25) is 0 Å². The van der Waals surface area contributed by atoms with E-state index < -0.39 is 26.6 Å². The van der Waals surface area contributed by atoms with E-state index in [2.05, 4.69) is 24.9 Å². The molecular weight excluding hydrogens is 380 g/mol. The van der Waals surface area contributed by atoms with Crippen LogP contribution in [0.5, 0.6) is 0 Å². The number of rotatable bonds is 7. The van der Waals surface area contributed by atoms with Gasteiger partial charge in [0.05, 0.1) is 18.1 Å². The Morgan fingerprint density at radius 3 is 2.44 bits per heavy atom. The quantitative estimate of drug-likeness (QED) is 0.670. The van der Waals surface area contributed by atoms with Crippen LogP contribution in [-0.2, 0) is 14.8 Å². The monoisotopic (exact) mass is 399 g/mol. The minimum atomic E-state index is -4.01. The molecule has 2 aromatic rings. The van der Waals surface area contributed by atoms with Crippen LogP contribution < -0.4 is 14.9 Å². The fourth-order valence-electron chi connectivity index (χ4n) is 2.55. The number of morpholine rings is 1. The summed E-state index contributed by atoms with van der Waals surface area (Å²) >= 11 is 0. The van der Waals surface area contributed by atoms with Crippen LogP contribution in [0.2, 0.25) is 0 Å². The number of hydrogen-bond acceptors (Lipinski definition) is 7. The average Bonchev–Trinajstić information content (AvgIpc) is 2.65. The third-order valence-corrected chi connectivity index (χ3v) is 5.30. The first-order valence-electron chi connectivity index (χ1n) is 8.28. The zero-order chi connectivity index (χ0) is 19.3. The van der Waals surface area contributed by atoms with Crippen molar-refractivity contribution in [3.8, 4) is 0 Å². The molecule has 0 amide bonds. The van der Waals surface area contributed by atoms with Gasteiger partial charge >= 0.3 is 0 Å². The van der Waals surface area contributed by atoms with Crippen LogP contribution in [0, 0.1) is 11.6 Å². The summed E-state index contributed by atoms with van der Waals surface area (Å²) in [6, 6.07) is 3.90. The Morgan fingerprint density at radius 1 is 1.04 bits per heavy atom. The Morgan fingerprint density at radius 2 is 1.74 bits per heavy atom. The average molecular weight is 399 g/mol. The molecular formula is C16H19F2N5O3S. The summed E-state index contributed by atoms with van der Waals surface area (Å²) in [7, 11) is -4.01. The molecule has 1 aliphatic heterocycles. The van der Waals surface area contributed by atoms with E-state index in [0.717, 1.165) is 31.0 Å². The first-order valence-corrected chi connectivity index (χ1v) is 9.77. The number of sulfonamides is 1. The van der Waals surface area contributed by atoms with Crippen LogP contribution >= 0.6 is 0 Å². The van der Waals surface area contributed by atoms with Gasteiger partial charge in [0.15, 0.2) is 0 Å². The maximum atomic E-state index is 13.2. The van der Waals surface area contributed by atoms with Crippen LogP contribution in [0.4, 0.5) is 20.4 Å². The molecule has 1 aliphatic rings. The fraction of sp³-hybridized carbons (Fsp3) is 0.375. The van der Waals surface area contributed by atoms with Gasteiger partial charge in [-0.25, -0.2) is 31.9 Å². The van der Waals surface area contributed by atoms with Gasteiger partial charge in [0.1, 0.15) is 29.6 Å². The van der Waals surface area contributed by atoms with E-state index in [1.54, 1.807) is 6.07 Å². The van der Waals surface area contributed by atoms with Crippen molar-refractivity contribution >= 4 is 21.7 Å². The van der Waals surface area contributed by atoms with Crippen molar-refractivity contribution in [2.45, 2.75) is 4.90 Å². The minimum absolute atomic E-state index is 0.0113. The Labute approximate surface area is 155 Å². The summed E-state index contributed by atoms with van der Waals surface area (Å²) < 4.78 is 58.1. The normalized spacial score (nSPS) is 15.0. The number of ether oxygens (including phenoxy) is 1. The second-order valence-corrected chi connectivity index (χ2v) is 7.56. The van der Waals surface area contributed by atoms with Crippen molar-refractivity contribution in [1.82, 2.24) is 14.7 Å². The van der Waals surface area contributed by atoms with Crippen molar-refractivity contribution in [2.24, 2.45) is 0 Å². The Hall–Kier alpha value is -2.37. The van der Waals surface area contributed by atoms with Gasteiger partial charge in [-0.15, -0.1) is 0 Å². The highest BCUT2D eigenvalue weighted by Crippen LogP contribution is 2.15. The van der Waals surface area contributed by atoms with Gasteiger partial charge in [-0.2, -0.15) is 0 Å². The molecule has 0 unspecified atom stereocenters. The molecule has 0 aliphatic carbocycles. The molecule has 3 rings (SSSR count). The lowest BCUT2D eigenvalue weighted by atomic mass is 10.3. The number of halogens is 2. The van der Waals surface area contributed by atoms with E-state index in [4.69, 9.17) is 4.74 Å². The first-order chi connectivity index (χ1) is 12.9. The van der Waals surface area contributed by atoms with E-state index >= 15 is 0 Å². The topological polar surface area (TPSA) is 96.5 Å². The smallest absolute Gasteiger partial charge is 0.240 e. The maximum absolute atomic E-state index is 13.2. The molecule has 1 saturated heterocycles. The van der Waals surface area contributed by atoms with E-state index in [1.807, 2.05) is 0 Å². The number of nitrogens with one attached hydrogen (secondary N) is 2. The van der Waals surface area contributed by atoms with Crippen molar-refractivity contribution in [1.29, 1.82) is 0 Å². The fourth-order valence-corrected chi connectivity index (χ4v) is 3.63. The van der Waals surface area contributed by atoms with Crippen LogP contribution in [0.1, 0.15) is 0 Å². The van der Waals surface area contributed by atoms with Crippen LogP contribution in [0.25, 0.3) is 0 Å². The summed E-state index contributed by atoms with van der Waals surface area (Å²) in [6.45, 7) is 2.99. The minimum Gasteiger partial charge on any atom is -0.378 e. The molecule has 11 heteroatoms. The molecule has 2 N–H and O–H groups in total. The SMILES string of the molecule is O=S(=O)(NCCNc1cc(N2CCOCC2)ncn1)c1cc(F)cc(F)c1. The molecule has 1 aromatic heterocycles. The summed E-state index contributed by atoms with van der Waals surface area (Å²) in [4.78, 5) is 9.92. The van der Waals surface area contributed by atoms with Gasteiger partial charge < -0.3 is 15.0 Å². The zero-order valence-electron chi connectivity index (χ0n) is 14.4. The summed E-state index contributed by atoms with van der Waals surface area (Å²) in [5, 5.41) is 2.99. The Bertz CT molecular complexity index is 871. The third-order valence-electron chi connectivity index (χ3n) is 3.86. The lowest BCUT2D eigenvalue weighted by Gasteiger charge is -2.27. The number of anilines is 2. The molecule has 2 heterocycles. The van der Waals surface area contributed by atoms with Crippen molar-refractivity contribution in [3.05, 3.63) is 42.2 Å². The standard InChI is InChI=1S/C16H19F2N5O3S/c17-12-7-13(18)9-14(8-12)27(24,25)22-2-1-19-15-10-16(21-11-20-15)23-3-5-26-6-4-23/h7-11,22H,1-6H2,(H,19,20,21). The van der Waals surface area contributed by atoms with E-state index in [9.17, 15) is 17.2 Å².